The largest absolute Gasteiger partial charge is 0.350 e. The topological polar surface area (TPSA) is 72.9 Å². The molecule has 0 bridgehead atoms. The van der Waals surface area contributed by atoms with Crippen molar-refractivity contribution in [3.05, 3.63) is 18.2 Å². The van der Waals surface area contributed by atoms with Crippen molar-refractivity contribution in [3.8, 4) is 0 Å². The lowest BCUT2D eigenvalue weighted by Gasteiger charge is -2.14. The van der Waals surface area contributed by atoms with E-state index in [1.807, 2.05) is 4.57 Å². The van der Waals surface area contributed by atoms with E-state index in [9.17, 15) is 4.79 Å². The van der Waals surface area contributed by atoms with Gasteiger partial charge in [-0.05, 0) is 12.3 Å². The average Bonchev–Trinajstić information content (AvgIpc) is 2.88. The molecule has 19 heavy (non-hydrogen) atoms. The van der Waals surface area contributed by atoms with Crippen LogP contribution in [0.15, 0.2) is 12.5 Å². The Labute approximate surface area is 115 Å². The molecular formula is C14H26N4O. The number of carbonyl (C=O) groups excluding carboxylic acids is 1. The van der Waals surface area contributed by atoms with Crippen molar-refractivity contribution in [3.63, 3.8) is 0 Å². The Morgan fingerprint density at radius 3 is 2.95 bits per heavy atom. The van der Waals surface area contributed by atoms with Gasteiger partial charge in [0.1, 0.15) is 5.69 Å². The van der Waals surface area contributed by atoms with E-state index in [1.54, 1.807) is 12.5 Å². The van der Waals surface area contributed by atoms with Crippen LogP contribution in [0, 0.1) is 5.92 Å². The van der Waals surface area contributed by atoms with Crippen molar-refractivity contribution in [1.29, 1.82) is 0 Å². The molecular weight excluding hydrogens is 240 g/mol. The van der Waals surface area contributed by atoms with Crippen LogP contribution in [-0.2, 0) is 6.54 Å². The molecule has 0 aliphatic carbocycles. The van der Waals surface area contributed by atoms with Gasteiger partial charge in [-0.3, -0.25) is 4.79 Å². The van der Waals surface area contributed by atoms with Gasteiger partial charge in [0.25, 0.3) is 5.91 Å². The number of nitrogens with one attached hydrogen (secondary N) is 1. The third-order valence-electron chi connectivity index (χ3n) is 3.35. The summed E-state index contributed by atoms with van der Waals surface area (Å²) in [5, 5.41) is 2.97. The molecule has 108 valence electrons. The van der Waals surface area contributed by atoms with E-state index >= 15 is 0 Å². The van der Waals surface area contributed by atoms with Crippen LogP contribution in [-0.4, -0.2) is 28.5 Å². The lowest BCUT2D eigenvalue weighted by molar-refractivity contribution is 0.0941. The Hall–Kier alpha value is -1.36. The number of amides is 1. The van der Waals surface area contributed by atoms with E-state index in [4.69, 9.17) is 5.73 Å². The van der Waals surface area contributed by atoms with Crippen LogP contribution >= 0.6 is 0 Å². The van der Waals surface area contributed by atoms with Crippen molar-refractivity contribution in [1.82, 2.24) is 14.9 Å². The molecule has 1 heterocycles. The SMILES string of the molecule is CCCCC(CC)CNC(=O)c1cn(CCN)cn1. The minimum Gasteiger partial charge on any atom is -0.350 e. The molecule has 3 N–H and O–H groups in total. The molecule has 0 spiro atoms. The van der Waals surface area contributed by atoms with Crippen molar-refractivity contribution in [2.45, 2.75) is 46.1 Å². The smallest absolute Gasteiger partial charge is 0.271 e. The third kappa shape index (κ3) is 5.42. The minimum absolute atomic E-state index is 0.0919. The van der Waals surface area contributed by atoms with Crippen LogP contribution in [0.1, 0.15) is 50.0 Å². The summed E-state index contributed by atoms with van der Waals surface area (Å²) in [6, 6.07) is 0. The minimum atomic E-state index is -0.0919. The second-order valence-corrected chi connectivity index (χ2v) is 4.91. The Bertz CT molecular complexity index is 375. The van der Waals surface area contributed by atoms with Gasteiger partial charge in [-0.1, -0.05) is 33.1 Å². The number of carbonyl (C=O) groups is 1. The van der Waals surface area contributed by atoms with Crippen LogP contribution in [0.3, 0.4) is 0 Å². The van der Waals surface area contributed by atoms with E-state index in [1.165, 1.54) is 19.3 Å². The van der Waals surface area contributed by atoms with Gasteiger partial charge in [-0.2, -0.15) is 0 Å². The van der Waals surface area contributed by atoms with Crippen LogP contribution in [0.5, 0.6) is 0 Å². The fraction of sp³-hybridized carbons (Fsp3) is 0.714. The highest BCUT2D eigenvalue weighted by Crippen LogP contribution is 2.11. The molecule has 1 amide bonds. The number of aromatic nitrogens is 2. The maximum Gasteiger partial charge on any atom is 0.271 e. The van der Waals surface area contributed by atoms with Crippen LogP contribution in [0.25, 0.3) is 0 Å². The first-order chi connectivity index (χ1) is 9.21. The standard InChI is InChI=1S/C14H26N4O/c1-3-5-6-12(4-2)9-16-14(19)13-10-18(8-7-15)11-17-13/h10-12H,3-9,15H2,1-2H3,(H,16,19). The van der Waals surface area contributed by atoms with Gasteiger partial charge in [0.15, 0.2) is 0 Å². The van der Waals surface area contributed by atoms with Gasteiger partial charge in [0, 0.05) is 25.8 Å². The van der Waals surface area contributed by atoms with Crippen LogP contribution in [0.2, 0.25) is 0 Å². The van der Waals surface area contributed by atoms with E-state index < -0.39 is 0 Å². The first-order valence-electron chi connectivity index (χ1n) is 7.21. The van der Waals surface area contributed by atoms with Gasteiger partial charge in [0.05, 0.1) is 6.33 Å². The second kappa shape index (κ2) is 8.69. The maximum absolute atomic E-state index is 11.9. The molecule has 1 aromatic heterocycles. The van der Waals surface area contributed by atoms with Crippen molar-refractivity contribution in [2.24, 2.45) is 11.7 Å². The third-order valence-corrected chi connectivity index (χ3v) is 3.35. The monoisotopic (exact) mass is 266 g/mol. The zero-order valence-corrected chi connectivity index (χ0v) is 12.1. The first-order valence-corrected chi connectivity index (χ1v) is 7.21. The zero-order valence-electron chi connectivity index (χ0n) is 12.1. The van der Waals surface area contributed by atoms with Gasteiger partial charge >= 0.3 is 0 Å². The molecule has 5 nitrogen and oxygen atoms in total. The number of imidazole rings is 1. The summed E-state index contributed by atoms with van der Waals surface area (Å²) >= 11 is 0. The van der Waals surface area contributed by atoms with Crippen molar-refractivity contribution < 1.29 is 4.79 Å². The molecule has 0 saturated heterocycles. The Kier molecular flexibility index (Phi) is 7.18. The molecule has 1 aromatic rings. The highest BCUT2D eigenvalue weighted by Gasteiger charge is 2.11. The lowest BCUT2D eigenvalue weighted by atomic mass is 9.99. The van der Waals surface area contributed by atoms with Crippen LogP contribution < -0.4 is 11.1 Å². The summed E-state index contributed by atoms with van der Waals surface area (Å²) in [7, 11) is 0. The fourth-order valence-electron chi connectivity index (χ4n) is 2.02. The predicted molar refractivity (Wildman–Crippen MR) is 76.9 cm³/mol. The Balaban J connectivity index is 2.40. The van der Waals surface area contributed by atoms with E-state index in [0.717, 1.165) is 13.0 Å². The molecule has 0 aliphatic heterocycles. The van der Waals surface area contributed by atoms with E-state index in [2.05, 4.69) is 24.1 Å². The molecule has 5 heteroatoms. The summed E-state index contributed by atoms with van der Waals surface area (Å²) in [6.45, 7) is 6.33. The normalized spacial score (nSPS) is 12.4. The van der Waals surface area contributed by atoms with Gasteiger partial charge in [0.2, 0.25) is 0 Å². The van der Waals surface area contributed by atoms with Gasteiger partial charge in [-0.25, -0.2) is 4.98 Å². The zero-order chi connectivity index (χ0) is 14.1. The molecule has 0 saturated carbocycles. The summed E-state index contributed by atoms with van der Waals surface area (Å²) in [5.74, 6) is 0.473. The predicted octanol–water partition coefficient (Wildman–Crippen LogP) is 1.79. The van der Waals surface area contributed by atoms with Crippen molar-refractivity contribution >= 4 is 5.91 Å². The summed E-state index contributed by atoms with van der Waals surface area (Å²) in [4.78, 5) is 16.0. The number of hydrogen-bond donors (Lipinski definition) is 2. The molecule has 0 radical (unpaired) electrons. The van der Waals surface area contributed by atoms with Gasteiger partial charge in [-0.15, -0.1) is 0 Å². The fourth-order valence-corrected chi connectivity index (χ4v) is 2.02. The van der Waals surface area contributed by atoms with Gasteiger partial charge < -0.3 is 15.6 Å². The Morgan fingerprint density at radius 2 is 2.32 bits per heavy atom. The summed E-state index contributed by atoms with van der Waals surface area (Å²) in [6.07, 6.45) is 8.09. The summed E-state index contributed by atoms with van der Waals surface area (Å²) in [5.41, 5.74) is 5.93. The van der Waals surface area contributed by atoms with Crippen molar-refractivity contribution in [2.75, 3.05) is 13.1 Å². The highest BCUT2D eigenvalue weighted by molar-refractivity contribution is 5.91. The summed E-state index contributed by atoms with van der Waals surface area (Å²) < 4.78 is 1.84. The molecule has 1 unspecified atom stereocenters. The molecule has 1 atom stereocenters. The quantitative estimate of drug-likeness (QED) is 0.715. The first kappa shape index (κ1) is 15.7. The maximum atomic E-state index is 11.9. The Morgan fingerprint density at radius 1 is 1.53 bits per heavy atom. The number of hydrogen-bond acceptors (Lipinski definition) is 3. The molecule has 1 rings (SSSR count). The number of rotatable bonds is 9. The average molecular weight is 266 g/mol. The van der Waals surface area contributed by atoms with Crippen LogP contribution in [0.4, 0.5) is 0 Å². The second-order valence-electron chi connectivity index (χ2n) is 4.91. The number of unbranched alkanes of at least 4 members (excludes halogenated alkanes) is 1. The molecule has 0 aromatic carbocycles. The molecule has 0 aliphatic rings. The lowest BCUT2D eigenvalue weighted by Crippen LogP contribution is -2.29. The highest BCUT2D eigenvalue weighted by atomic mass is 16.1. The van der Waals surface area contributed by atoms with E-state index in [0.29, 0.717) is 24.7 Å². The number of nitrogens with zero attached hydrogens (tertiary/aromatic N) is 2. The van der Waals surface area contributed by atoms with E-state index in [-0.39, 0.29) is 5.91 Å². The number of nitrogens with two attached hydrogens (primary N) is 1. The molecule has 0 fully saturated rings.